The van der Waals surface area contributed by atoms with Crippen molar-refractivity contribution in [2.75, 3.05) is 12.1 Å². The fourth-order valence-electron chi connectivity index (χ4n) is 3.60. The molecule has 34 heavy (non-hydrogen) atoms. The number of nitrogens with zero attached hydrogens (tertiary/aromatic N) is 2. The van der Waals surface area contributed by atoms with Crippen LogP contribution in [0.25, 0.3) is 10.2 Å². The summed E-state index contributed by atoms with van der Waals surface area (Å²) < 4.78 is 17.8. The highest BCUT2D eigenvalue weighted by Gasteiger charge is 2.23. The van der Waals surface area contributed by atoms with Gasteiger partial charge in [0.15, 0.2) is 17.6 Å². The van der Waals surface area contributed by atoms with Crippen LogP contribution in [-0.2, 0) is 16.1 Å². The average Bonchev–Trinajstić information content (AvgIpc) is 3.52. The van der Waals surface area contributed by atoms with E-state index in [9.17, 15) is 9.59 Å². The predicted molar refractivity (Wildman–Crippen MR) is 129 cm³/mol. The Morgan fingerprint density at radius 2 is 2.00 bits per heavy atom. The van der Waals surface area contributed by atoms with Crippen LogP contribution in [0.3, 0.4) is 0 Å². The van der Waals surface area contributed by atoms with Gasteiger partial charge in [-0.1, -0.05) is 29.8 Å². The minimum Gasteiger partial charge on any atom is -0.454 e. The molecule has 1 aliphatic rings. The molecule has 0 fully saturated rings. The SMILES string of the molecule is Cc1nn(Cc2ccccc2Cl)c2sc(C(=O)OC(C)C(=O)Nc3ccc4c(c3)OCO4)cc12. The predicted octanol–water partition coefficient (Wildman–Crippen LogP) is 5.02. The Morgan fingerprint density at radius 1 is 1.21 bits per heavy atom. The van der Waals surface area contributed by atoms with Crippen LogP contribution in [-0.4, -0.2) is 34.6 Å². The van der Waals surface area contributed by atoms with Crippen LogP contribution in [0.15, 0.2) is 48.5 Å². The zero-order valence-electron chi connectivity index (χ0n) is 18.3. The summed E-state index contributed by atoms with van der Waals surface area (Å²) in [5, 5.41) is 8.82. The van der Waals surface area contributed by atoms with Crippen molar-refractivity contribution >= 4 is 50.7 Å². The van der Waals surface area contributed by atoms with E-state index >= 15 is 0 Å². The number of carbonyl (C=O) groups is 2. The van der Waals surface area contributed by atoms with Crippen LogP contribution >= 0.6 is 22.9 Å². The standard InChI is InChI=1S/C24H20ClN3O5S/c1-13-17-10-21(34-23(17)28(27-13)11-15-5-3-4-6-18(15)25)24(30)33-14(2)22(29)26-16-7-8-19-20(9-16)32-12-31-19/h3-10,14H,11-12H2,1-2H3,(H,26,29). The van der Waals surface area contributed by atoms with Crippen LogP contribution in [0.5, 0.6) is 11.5 Å². The first-order valence-electron chi connectivity index (χ1n) is 10.5. The molecule has 1 amide bonds. The molecule has 0 saturated heterocycles. The van der Waals surface area contributed by atoms with Gasteiger partial charge in [-0.25, -0.2) is 4.79 Å². The van der Waals surface area contributed by atoms with Gasteiger partial charge in [0.05, 0.1) is 12.2 Å². The number of rotatable bonds is 6. The molecule has 1 N–H and O–H groups in total. The van der Waals surface area contributed by atoms with Crippen LogP contribution in [0.1, 0.15) is 27.9 Å². The lowest BCUT2D eigenvalue weighted by molar-refractivity contribution is -0.123. The Morgan fingerprint density at radius 3 is 2.82 bits per heavy atom. The Labute approximate surface area is 204 Å². The van der Waals surface area contributed by atoms with Gasteiger partial charge in [-0.3, -0.25) is 9.48 Å². The first kappa shape index (κ1) is 22.2. The summed E-state index contributed by atoms with van der Waals surface area (Å²) in [6, 6.07) is 14.4. The number of hydrogen-bond acceptors (Lipinski definition) is 7. The first-order chi connectivity index (χ1) is 16.4. The zero-order chi connectivity index (χ0) is 23.8. The Kier molecular flexibility index (Phi) is 5.89. The van der Waals surface area contributed by atoms with E-state index in [0.717, 1.165) is 21.5 Å². The van der Waals surface area contributed by atoms with Gasteiger partial charge in [0.1, 0.15) is 9.71 Å². The van der Waals surface area contributed by atoms with Gasteiger partial charge in [-0.05, 0) is 43.7 Å². The minimum atomic E-state index is -0.996. The smallest absolute Gasteiger partial charge is 0.349 e. The summed E-state index contributed by atoms with van der Waals surface area (Å²) in [4.78, 5) is 26.6. The third kappa shape index (κ3) is 4.32. The molecule has 1 aliphatic heterocycles. The summed E-state index contributed by atoms with van der Waals surface area (Å²) in [6.45, 7) is 4.03. The third-order valence-corrected chi connectivity index (χ3v) is 6.88. The number of nitrogens with one attached hydrogen (secondary N) is 1. The number of esters is 1. The van der Waals surface area contributed by atoms with Gasteiger partial charge >= 0.3 is 5.97 Å². The highest BCUT2D eigenvalue weighted by molar-refractivity contribution is 7.20. The minimum absolute atomic E-state index is 0.144. The lowest BCUT2D eigenvalue weighted by atomic mass is 10.2. The van der Waals surface area contributed by atoms with Crippen LogP contribution in [0.2, 0.25) is 5.02 Å². The zero-order valence-corrected chi connectivity index (χ0v) is 19.9. The number of hydrogen-bond donors (Lipinski definition) is 1. The van der Waals surface area contributed by atoms with Gasteiger partial charge in [0.2, 0.25) is 6.79 Å². The first-order valence-corrected chi connectivity index (χ1v) is 11.7. The quantitative estimate of drug-likeness (QED) is 0.376. The van der Waals surface area contributed by atoms with E-state index in [1.165, 1.54) is 18.3 Å². The molecule has 4 aromatic rings. The highest BCUT2D eigenvalue weighted by Crippen LogP contribution is 2.34. The lowest BCUT2D eigenvalue weighted by Gasteiger charge is -2.13. The topological polar surface area (TPSA) is 91.7 Å². The molecular weight excluding hydrogens is 478 g/mol. The van der Waals surface area contributed by atoms with Crippen molar-refractivity contribution < 1.29 is 23.8 Å². The van der Waals surface area contributed by atoms with Gasteiger partial charge in [0, 0.05) is 22.2 Å². The molecule has 5 rings (SSSR count). The van der Waals surface area contributed by atoms with E-state index in [2.05, 4.69) is 10.4 Å². The normalized spacial score (nSPS) is 13.1. The number of aryl methyl sites for hydroxylation is 1. The number of amides is 1. The molecule has 0 saturated carbocycles. The molecular formula is C24H20ClN3O5S. The maximum absolute atomic E-state index is 12.8. The van der Waals surface area contributed by atoms with Gasteiger partial charge in [-0.15, -0.1) is 11.3 Å². The van der Waals surface area contributed by atoms with Crippen LogP contribution < -0.4 is 14.8 Å². The molecule has 0 aliphatic carbocycles. The number of fused-ring (bicyclic) bond motifs is 2. The van der Waals surface area contributed by atoms with Crippen LogP contribution in [0.4, 0.5) is 5.69 Å². The van der Waals surface area contributed by atoms with E-state index < -0.39 is 18.0 Å². The van der Waals surface area contributed by atoms with E-state index in [1.54, 1.807) is 24.3 Å². The molecule has 8 nitrogen and oxygen atoms in total. The molecule has 1 atom stereocenters. The summed E-state index contributed by atoms with van der Waals surface area (Å²) >= 11 is 7.57. The Bertz CT molecular complexity index is 1410. The third-order valence-electron chi connectivity index (χ3n) is 5.38. The number of ether oxygens (including phenoxy) is 3. The second-order valence-electron chi connectivity index (χ2n) is 7.77. The van der Waals surface area contributed by atoms with Crippen molar-refractivity contribution in [2.24, 2.45) is 0 Å². The highest BCUT2D eigenvalue weighted by atomic mass is 35.5. The molecule has 0 spiro atoms. The van der Waals surface area contributed by atoms with Crippen molar-refractivity contribution in [1.82, 2.24) is 9.78 Å². The van der Waals surface area contributed by atoms with Gasteiger partial charge in [-0.2, -0.15) is 5.10 Å². The summed E-state index contributed by atoms with van der Waals surface area (Å²) in [5.74, 6) is 0.146. The molecule has 2 aromatic carbocycles. The lowest BCUT2D eigenvalue weighted by Crippen LogP contribution is -2.29. The monoisotopic (exact) mass is 497 g/mol. The number of anilines is 1. The summed E-state index contributed by atoms with van der Waals surface area (Å²) in [5.41, 5.74) is 2.25. The second kappa shape index (κ2) is 9.00. The Balaban J connectivity index is 1.28. The number of thiophene rings is 1. The van der Waals surface area contributed by atoms with E-state index in [4.69, 9.17) is 25.8 Å². The molecule has 3 heterocycles. The molecule has 10 heteroatoms. The van der Waals surface area contributed by atoms with Gasteiger partial charge < -0.3 is 19.5 Å². The molecule has 0 radical (unpaired) electrons. The van der Waals surface area contributed by atoms with Gasteiger partial charge in [0.25, 0.3) is 5.91 Å². The molecule has 0 bridgehead atoms. The Hall–Kier alpha value is -3.56. The average molecular weight is 498 g/mol. The summed E-state index contributed by atoms with van der Waals surface area (Å²) in [7, 11) is 0. The van der Waals surface area contributed by atoms with E-state index in [0.29, 0.717) is 33.6 Å². The van der Waals surface area contributed by atoms with Crippen molar-refractivity contribution in [3.63, 3.8) is 0 Å². The molecule has 2 aromatic heterocycles. The largest absolute Gasteiger partial charge is 0.454 e. The number of carbonyl (C=O) groups excluding carboxylic acids is 2. The summed E-state index contributed by atoms with van der Waals surface area (Å²) in [6.07, 6.45) is -0.996. The van der Waals surface area contributed by atoms with Crippen molar-refractivity contribution in [1.29, 1.82) is 0 Å². The fourth-order valence-corrected chi connectivity index (χ4v) is 4.84. The van der Waals surface area contributed by atoms with Crippen molar-refractivity contribution in [3.05, 3.63) is 69.7 Å². The van der Waals surface area contributed by atoms with E-state index in [1.807, 2.05) is 35.9 Å². The second-order valence-corrected chi connectivity index (χ2v) is 9.21. The maximum Gasteiger partial charge on any atom is 0.349 e. The molecule has 174 valence electrons. The maximum atomic E-state index is 12.8. The molecule has 1 unspecified atom stereocenters. The number of aromatic nitrogens is 2. The van der Waals surface area contributed by atoms with Crippen LogP contribution in [0, 0.1) is 6.92 Å². The fraction of sp³-hybridized carbons (Fsp3) is 0.208. The van der Waals surface area contributed by atoms with Crippen molar-refractivity contribution in [2.45, 2.75) is 26.5 Å². The number of benzene rings is 2. The number of halogens is 1. The van der Waals surface area contributed by atoms with E-state index in [-0.39, 0.29) is 6.79 Å². The van der Waals surface area contributed by atoms with Crippen molar-refractivity contribution in [3.8, 4) is 11.5 Å².